The van der Waals surface area contributed by atoms with Crippen LogP contribution in [0.1, 0.15) is 25.6 Å². The third-order valence-corrected chi connectivity index (χ3v) is 2.67. The van der Waals surface area contributed by atoms with Crippen LogP contribution in [0.5, 0.6) is 0 Å². The fourth-order valence-corrected chi connectivity index (χ4v) is 2.02. The molecule has 1 rings (SSSR count). The Morgan fingerprint density at radius 2 is 2.08 bits per heavy atom. The molecule has 1 heterocycles. The van der Waals surface area contributed by atoms with Crippen molar-refractivity contribution in [2.24, 2.45) is 5.41 Å². The van der Waals surface area contributed by atoms with Crippen LogP contribution in [-0.4, -0.2) is 18.6 Å². The third-order valence-electron chi connectivity index (χ3n) is 1.65. The second kappa shape index (κ2) is 3.66. The molecule has 0 spiro atoms. The first-order chi connectivity index (χ1) is 5.88. The first kappa shape index (κ1) is 10.5. The summed E-state index contributed by atoms with van der Waals surface area (Å²) in [6, 6.07) is 0. The van der Waals surface area contributed by atoms with Crippen molar-refractivity contribution in [3.05, 3.63) is 11.1 Å². The summed E-state index contributed by atoms with van der Waals surface area (Å²) < 4.78 is 0. The summed E-state index contributed by atoms with van der Waals surface area (Å²) in [7, 11) is 2.10. The lowest BCUT2D eigenvalue weighted by molar-refractivity contribution is 0.419. The fourth-order valence-electron chi connectivity index (χ4n) is 1.30. The summed E-state index contributed by atoms with van der Waals surface area (Å²) in [6.07, 6.45) is 1.93. The van der Waals surface area contributed by atoms with Crippen molar-refractivity contribution in [3.63, 3.8) is 0 Å². The Morgan fingerprint density at radius 1 is 1.46 bits per heavy atom. The summed E-state index contributed by atoms with van der Waals surface area (Å²) in [5, 5.41) is 1.12. The summed E-state index contributed by atoms with van der Waals surface area (Å²) in [6.45, 7) is 9.85. The molecule has 0 bridgehead atoms. The normalized spacial score (nSPS) is 11.8. The molecule has 3 heteroatoms. The minimum absolute atomic E-state index is 0.328. The van der Waals surface area contributed by atoms with E-state index in [4.69, 9.17) is 0 Å². The van der Waals surface area contributed by atoms with Crippen LogP contribution in [0.25, 0.3) is 0 Å². The minimum Gasteiger partial charge on any atom is -0.351 e. The molecule has 0 unspecified atom stereocenters. The third kappa shape index (κ3) is 3.35. The Labute approximate surface area is 84.6 Å². The van der Waals surface area contributed by atoms with Crippen molar-refractivity contribution < 1.29 is 0 Å². The molecule has 0 radical (unpaired) electrons. The largest absolute Gasteiger partial charge is 0.351 e. The summed E-state index contributed by atoms with van der Waals surface area (Å²) in [5.74, 6) is 0. The van der Waals surface area contributed by atoms with Crippen LogP contribution in [0.15, 0.2) is 6.20 Å². The zero-order chi connectivity index (χ0) is 10.1. The molecule has 0 aliphatic heterocycles. The summed E-state index contributed by atoms with van der Waals surface area (Å²) in [4.78, 5) is 7.84. The lowest BCUT2D eigenvalue weighted by Gasteiger charge is -2.25. The Kier molecular flexibility index (Phi) is 2.96. The number of hydrogen-bond acceptors (Lipinski definition) is 3. The lowest BCUT2D eigenvalue weighted by atomic mass is 9.96. The number of nitrogens with zero attached hydrogens (tertiary/aromatic N) is 2. The molecule has 0 aliphatic rings. The molecular formula is C10H18N2S. The average molecular weight is 198 g/mol. The van der Waals surface area contributed by atoms with E-state index in [0.717, 1.165) is 11.7 Å². The van der Waals surface area contributed by atoms with Crippen LogP contribution < -0.4 is 4.90 Å². The van der Waals surface area contributed by atoms with Gasteiger partial charge in [-0.1, -0.05) is 20.8 Å². The summed E-state index contributed by atoms with van der Waals surface area (Å²) >= 11 is 1.75. The number of thiazole rings is 1. The zero-order valence-electron chi connectivity index (χ0n) is 9.09. The predicted molar refractivity (Wildman–Crippen MR) is 59.6 cm³/mol. The van der Waals surface area contributed by atoms with E-state index in [0.29, 0.717) is 5.41 Å². The van der Waals surface area contributed by atoms with Gasteiger partial charge in [0, 0.05) is 24.7 Å². The van der Waals surface area contributed by atoms with Crippen molar-refractivity contribution in [3.8, 4) is 0 Å². The molecule has 0 N–H and O–H groups in total. The number of rotatable bonds is 2. The van der Waals surface area contributed by atoms with Gasteiger partial charge in [0.15, 0.2) is 5.13 Å². The van der Waals surface area contributed by atoms with E-state index in [-0.39, 0.29) is 0 Å². The van der Waals surface area contributed by atoms with Gasteiger partial charge in [-0.15, -0.1) is 11.3 Å². The molecule has 0 saturated heterocycles. The molecule has 0 fully saturated rings. The molecule has 74 valence electrons. The number of hydrogen-bond donors (Lipinski definition) is 0. The lowest BCUT2D eigenvalue weighted by Crippen LogP contribution is -2.28. The highest BCUT2D eigenvalue weighted by Crippen LogP contribution is 2.24. The van der Waals surface area contributed by atoms with Gasteiger partial charge in [0.1, 0.15) is 0 Å². The molecule has 13 heavy (non-hydrogen) atoms. The van der Waals surface area contributed by atoms with Gasteiger partial charge in [-0.2, -0.15) is 0 Å². The van der Waals surface area contributed by atoms with Gasteiger partial charge in [0.05, 0.1) is 0 Å². The molecule has 0 amide bonds. The predicted octanol–water partition coefficient (Wildman–Crippen LogP) is 2.93. The Bertz CT molecular complexity index is 273. The molecule has 0 saturated carbocycles. The number of anilines is 1. The minimum atomic E-state index is 0.328. The van der Waals surface area contributed by atoms with E-state index in [1.807, 2.05) is 6.20 Å². The molecule has 2 nitrogen and oxygen atoms in total. The van der Waals surface area contributed by atoms with Crippen molar-refractivity contribution in [1.29, 1.82) is 0 Å². The van der Waals surface area contributed by atoms with Crippen molar-refractivity contribution in [1.82, 2.24) is 4.98 Å². The van der Waals surface area contributed by atoms with Crippen LogP contribution in [0.3, 0.4) is 0 Å². The van der Waals surface area contributed by atoms with Gasteiger partial charge >= 0.3 is 0 Å². The van der Waals surface area contributed by atoms with E-state index in [1.165, 1.54) is 4.88 Å². The van der Waals surface area contributed by atoms with Crippen LogP contribution in [0, 0.1) is 12.3 Å². The molecular weight excluding hydrogens is 180 g/mol. The smallest absolute Gasteiger partial charge is 0.185 e. The summed E-state index contributed by atoms with van der Waals surface area (Å²) in [5.41, 5.74) is 0.328. The molecule has 1 aromatic rings. The molecule has 1 aromatic heterocycles. The van der Waals surface area contributed by atoms with Gasteiger partial charge in [-0.05, 0) is 12.3 Å². The van der Waals surface area contributed by atoms with Gasteiger partial charge in [0.25, 0.3) is 0 Å². The first-order valence-corrected chi connectivity index (χ1v) is 5.34. The van der Waals surface area contributed by atoms with E-state index < -0.39 is 0 Å². The average Bonchev–Trinajstić information content (AvgIpc) is 2.31. The van der Waals surface area contributed by atoms with Gasteiger partial charge in [0.2, 0.25) is 0 Å². The Balaban J connectivity index is 2.64. The second-order valence-electron chi connectivity index (χ2n) is 4.67. The second-order valence-corrected chi connectivity index (χ2v) is 5.88. The van der Waals surface area contributed by atoms with Crippen LogP contribution in [0.2, 0.25) is 0 Å². The van der Waals surface area contributed by atoms with Gasteiger partial charge in [-0.25, -0.2) is 4.98 Å². The first-order valence-electron chi connectivity index (χ1n) is 4.52. The highest BCUT2D eigenvalue weighted by Gasteiger charge is 2.15. The zero-order valence-corrected chi connectivity index (χ0v) is 9.90. The fraction of sp³-hybridized carbons (Fsp3) is 0.700. The number of aryl methyl sites for hydroxylation is 1. The van der Waals surface area contributed by atoms with Crippen molar-refractivity contribution in [2.45, 2.75) is 27.7 Å². The Hall–Kier alpha value is -0.570. The Morgan fingerprint density at radius 3 is 2.46 bits per heavy atom. The van der Waals surface area contributed by atoms with E-state index in [2.05, 4.69) is 44.6 Å². The maximum Gasteiger partial charge on any atom is 0.185 e. The van der Waals surface area contributed by atoms with Gasteiger partial charge in [-0.3, -0.25) is 0 Å². The molecule has 0 aromatic carbocycles. The maximum absolute atomic E-state index is 4.34. The monoisotopic (exact) mass is 198 g/mol. The van der Waals surface area contributed by atoms with Crippen molar-refractivity contribution in [2.75, 3.05) is 18.5 Å². The highest BCUT2D eigenvalue weighted by molar-refractivity contribution is 7.15. The van der Waals surface area contributed by atoms with Crippen LogP contribution in [0.4, 0.5) is 5.13 Å². The molecule has 0 atom stereocenters. The van der Waals surface area contributed by atoms with E-state index in [1.54, 1.807) is 11.3 Å². The topological polar surface area (TPSA) is 16.1 Å². The van der Waals surface area contributed by atoms with Gasteiger partial charge < -0.3 is 4.90 Å². The van der Waals surface area contributed by atoms with Crippen LogP contribution >= 0.6 is 11.3 Å². The highest BCUT2D eigenvalue weighted by atomic mass is 32.1. The van der Waals surface area contributed by atoms with E-state index in [9.17, 15) is 0 Å². The van der Waals surface area contributed by atoms with Crippen molar-refractivity contribution >= 4 is 16.5 Å². The SMILES string of the molecule is Cc1cnc(N(C)CC(C)(C)C)s1. The van der Waals surface area contributed by atoms with Crippen LogP contribution in [-0.2, 0) is 0 Å². The number of aromatic nitrogens is 1. The molecule has 0 aliphatic carbocycles. The quantitative estimate of drug-likeness (QED) is 0.726. The maximum atomic E-state index is 4.34. The standard InChI is InChI=1S/C10H18N2S/c1-8-6-11-9(13-8)12(5)7-10(2,3)4/h6H,7H2,1-5H3. The van der Waals surface area contributed by atoms with E-state index >= 15 is 0 Å².